The minimum Gasteiger partial charge on any atom is -0.376 e. The zero-order valence-electron chi connectivity index (χ0n) is 12.0. The third kappa shape index (κ3) is 3.16. The Morgan fingerprint density at radius 3 is 2.25 bits per heavy atom. The lowest BCUT2D eigenvalue weighted by Crippen LogP contribution is -2.11. The summed E-state index contributed by atoms with van der Waals surface area (Å²) in [7, 11) is 0. The predicted octanol–water partition coefficient (Wildman–Crippen LogP) is 5.14. The summed E-state index contributed by atoms with van der Waals surface area (Å²) >= 11 is 0. The van der Waals surface area contributed by atoms with Gasteiger partial charge in [-0.2, -0.15) is 0 Å². The van der Waals surface area contributed by atoms with Gasteiger partial charge in [0.15, 0.2) is 0 Å². The molecule has 20 heavy (non-hydrogen) atoms. The van der Waals surface area contributed by atoms with Crippen molar-refractivity contribution in [3.05, 3.63) is 64.7 Å². The Labute approximate surface area is 118 Å². The first-order valence-corrected chi connectivity index (χ1v) is 6.80. The lowest BCUT2D eigenvalue weighted by Gasteiger charge is -2.20. The van der Waals surface area contributed by atoms with Gasteiger partial charge in [-0.05, 0) is 37.5 Å². The van der Waals surface area contributed by atoms with Crippen LogP contribution in [0.15, 0.2) is 36.4 Å². The molecule has 0 aliphatic rings. The molecule has 0 fully saturated rings. The van der Waals surface area contributed by atoms with Crippen LogP contribution in [0.3, 0.4) is 0 Å². The van der Waals surface area contributed by atoms with E-state index in [-0.39, 0.29) is 11.7 Å². The molecule has 2 aromatic rings. The molecule has 0 saturated carbocycles. The molecule has 1 atom stereocenters. The van der Waals surface area contributed by atoms with Gasteiger partial charge in [0.2, 0.25) is 0 Å². The number of anilines is 1. The van der Waals surface area contributed by atoms with Crippen LogP contribution in [-0.2, 0) is 0 Å². The third-order valence-electron chi connectivity index (χ3n) is 3.47. The fraction of sp³-hybridized carbons (Fsp3) is 0.294. The largest absolute Gasteiger partial charge is 0.376 e. The maximum Gasteiger partial charge on any atom is 0.146 e. The summed E-state index contributed by atoms with van der Waals surface area (Å²) in [5.74, 6) is -0.817. The van der Waals surface area contributed by atoms with Crippen molar-refractivity contribution in [2.75, 3.05) is 5.32 Å². The Morgan fingerprint density at radius 1 is 1.00 bits per heavy atom. The summed E-state index contributed by atoms with van der Waals surface area (Å²) in [5.41, 5.74) is 2.77. The second kappa shape index (κ2) is 6.04. The summed E-state index contributed by atoms with van der Waals surface area (Å²) in [6.45, 7) is 5.59. The average Bonchev–Trinajstić information content (AvgIpc) is 2.42. The highest BCUT2D eigenvalue weighted by Gasteiger charge is 2.13. The van der Waals surface area contributed by atoms with Gasteiger partial charge in [0.1, 0.15) is 11.6 Å². The maximum absolute atomic E-state index is 13.9. The molecular formula is C17H19F2N. The average molecular weight is 275 g/mol. The van der Waals surface area contributed by atoms with Crippen LogP contribution < -0.4 is 5.32 Å². The summed E-state index contributed by atoms with van der Waals surface area (Å²) in [6.07, 6.45) is 0.790. The van der Waals surface area contributed by atoms with Crippen molar-refractivity contribution in [2.45, 2.75) is 33.2 Å². The SMILES string of the molecule is CCC(Nc1cc(F)c(C)cc1F)c1ccc(C)cc1. The summed E-state index contributed by atoms with van der Waals surface area (Å²) in [4.78, 5) is 0. The Bertz CT molecular complexity index is 591. The van der Waals surface area contributed by atoms with Gasteiger partial charge in [-0.15, -0.1) is 0 Å². The molecule has 0 aliphatic heterocycles. The molecule has 1 nitrogen and oxygen atoms in total. The van der Waals surface area contributed by atoms with Gasteiger partial charge in [0.25, 0.3) is 0 Å². The van der Waals surface area contributed by atoms with Gasteiger partial charge in [-0.3, -0.25) is 0 Å². The standard InChI is InChI=1S/C17H19F2N/c1-4-16(13-7-5-11(2)6-8-13)20-17-10-14(18)12(3)9-15(17)19/h5-10,16,20H,4H2,1-3H3. The number of hydrogen-bond donors (Lipinski definition) is 1. The molecule has 3 heteroatoms. The van der Waals surface area contributed by atoms with Crippen molar-refractivity contribution >= 4 is 5.69 Å². The van der Waals surface area contributed by atoms with Crippen molar-refractivity contribution < 1.29 is 8.78 Å². The number of halogens is 2. The number of rotatable bonds is 4. The van der Waals surface area contributed by atoms with Crippen molar-refractivity contribution in [1.29, 1.82) is 0 Å². The Kier molecular flexibility index (Phi) is 4.38. The molecule has 0 spiro atoms. The molecule has 0 amide bonds. The molecule has 2 aromatic carbocycles. The van der Waals surface area contributed by atoms with Gasteiger partial charge >= 0.3 is 0 Å². The van der Waals surface area contributed by atoms with Crippen molar-refractivity contribution in [3.8, 4) is 0 Å². The van der Waals surface area contributed by atoms with Crippen molar-refractivity contribution in [1.82, 2.24) is 0 Å². The molecule has 2 rings (SSSR count). The molecule has 0 radical (unpaired) electrons. The topological polar surface area (TPSA) is 12.0 Å². The minimum absolute atomic E-state index is 0.0350. The first-order chi connectivity index (χ1) is 9.51. The highest BCUT2D eigenvalue weighted by atomic mass is 19.1. The smallest absolute Gasteiger partial charge is 0.146 e. The molecule has 1 unspecified atom stereocenters. The lowest BCUT2D eigenvalue weighted by molar-refractivity contribution is 0.591. The molecule has 0 heterocycles. The van der Waals surface area contributed by atoms with Crippen LogP contribution in [0.4, 0.5) is 14.5 Å². The zero-order valence-corrected chi connectivity index (χ0v) is 12.0. The summed E-state index contributed by atoms with van der Waals surface area (Å²) in [5, 5.41) is 3.09. The fourth-order valence-corrected chi connectivity index (χ4v) is 2.16. The summed E-state index contributed by atoms with van der Waals surface area (Å²) < 4.78 is 27.4. The van der Waals surface area contributed by atoms with Crippen LogP contribution in [-0.4, -0.2) is 0 Å². The third-order valence-corrected chi connectivity index (χ3v) is 3.47. The van der Waals surface area contributed by atoms with Crippen LogP contribution in [0.2, 0.25) is 0 Å². The van der Waals surface area contributed by atoms with Crippen LogP contribution in [0.5, 0.6) is 0 Å². The van der Waals surface area contributed by atoms with Gasteiger partial charge in [-0.1, -0.05) is 36.8 Å². The van der Waals surface area contributed by atoms with E-state index in [4.69, 9.17) is 0 Å². The van der Waals surface area contributed by atoms with E-state index in [1.54, 1.807) is 6.92 Å². The second-order valence-corrected chi connectivity index (χ2v) is 5.10. The van der Waals surface area contributed by atoms with E-state index in [2.05, 4.69) is 5.32 Å². The van der Waals surface area contributed by atoms with E-state index in [0.29, 0.717) is 5.56 Å². The maximum atomic E-state index is 13.9. The zero-order chi connectivity index (χ0) is 14.7. The predicted molar refractivity (Wildman–Crippen MR) is 78.9 cm³/mol. The number of nitrogens with one attached hydrogen (secondary N) is 1. The van der Waals surface area contributed by atoms with Gasteiger partial charge in [-0.25, -0.2) is 8.78 Å². The Hall–Kier alpha value is -1.90. The monoisotopic (exact) mass is 275 g/mol. The minimum atomic E-state index is -0.422. The van der Waals surface area contributed by atoms with E-state index in [1.165, 1.54) is 17.7 Å². The molecule has 0 bridgehead atoms. The van der Waals surface area contributed by atoms with Crippen molar-refractivity contribution in [3.63, 3.8) is 0 Å². The second-order valence-electron chi connectivity index (χ2n) is 5.10. The quantitative estimate of drug-likeness (QED) is 0.814. The van der Waals surface area contributed by atoms with E-state index < -0.39 is 11.6 Å². The number of aryl methyl sites for hydroxylation is 2. The molecule has 0 aromatic heterocycles. The van der Waals surface area contributed by atoms with E-state index >= 15 is 0 Å². The molecular weight excluding hydrogens is 256 g/mol. The van der Waals surface area contributed by atoms with Crippen LogP contribution >= 0.6 is 0 Å². The number of benzene rings is 2. The first kappa shape index (κ1) is 14.5. The van der Waals surface area contributed by atoms with Crippen molar-refractivity contribution in [2.24, 2.45) is 0 Å². The molecule has 0 saturated heterocycles. The normalized spacial score (nSPS) is 12.2. The molecule has 1 N–H and O–H groups in total. The van der Waals surface area contributed by atoms with E-state index in [1.807, 2.05) is 38.1 Å². The highest BCUT2D eigenvalue weighted by molar-refractivity contribution is 5.49. The van der Waals surface area contributed by atoms with Crippen LogP contribution in [0.25, 0.3) is 0 Å². The Morgan fingerprint density at radius 2 is 1.65 bits per heavy atom. The summed E-state index contributed by atoms with van der Waals surface area (Å²) in [6, 6.07) is 10.5. The van der Waals surface area contributed by atoms with E-state index in [0.717, 1.165) is 12.0 Å². The van der Waals surface area contributed by atoms with Gasteiger partial charge in [0.05, 0.1) is 11.7 Å². The van der Waals surface area contributed by atoms with Crippen LogP contribution in [0.1, 0.15) is 36.1 Å². The van der Waals surface area contributed by atoms with Gasteiger partial charge in [0, 0.05) is 6.07 Å². The van der Waals surface area contributed by atoms with Crippen LogP contribution in [0, 0.1) is 25.5 Å². The lowest BCUT2D eigenvalue weighted by atomic mass is 10.0. The highest BCUT2D eigenvalue weighted by Crippen LogP contribution is 2.26. The molecule has 0 aliphatic carbocycles. The fourth-order valence-electron chi connectivity index (χ4n) is 2.16. The first-order valence-electron chi connectivity index (χ1n) is 6.80. The van der Waals surface area contributed by atoms with E-state index in [9.17, 15) is 8.78 Å². The Balaban J connectivity index is 2.26. The molecule has 106 valence electrons. The van der Waals surface area contributed by atoms with Gasteiger partial charge < -0.3 is 5.32 Å². The number of hydrogen-bond acceptors (Lipinski definition) is 1.